The molecule has 0 bridgehead atoms. The van der Waals surface area contributed by atoms with E-state index >= 15 is 0 Å². The predicted octanol–water partition coefficient (Wildman–Crippen LogP) is -0.188. The normalized spacial score (nSPS) is 12.1. The second-order valence-corrected chi connectivity index (χ2v) is 6.46. The van der Waals surface area contributed by atoms with E-state index in [1.54, 1.807) is 0 Å². The van der Waals surface area contributed by atoms with Crippen molar-refractivity contribution in [1.82, 2.24) is 30.4 Å². The van der Waals surface area contributed by atoms with Crippen LogP contribution in [0.4, 0.5) is 0 Å². The number of hydrogen-bond donors (Lipinski definition) is 3. The first kappa shape index (κ1) is 15.6. The first-order chi connectivity index (χ1) is 9.99. The van der Waals surface area contributed by atoms with Crippen molar-refractivity contribution >= 4 is 10.0 Å². The Morgan fingerprint density at radius 3 is 2.90 bits per heavy atom. The third-order valence-corrected chi connectivity index (χ3v) is 4.17. The molecule has 0 saturated heterocycles. The van der Waals surface area contributed by atoms with Crippen molar-refractivity contribution in [2.75, 3.05) is 6.54 Å². The van der Waals surface area contributed by atoms with Gasteiger partial charge in [-0.25, -0.2) is 13.1 Å². The summed E-state index contributed by atoms with van der Waals surface area (Å²) >= 11 is 0. The van der Waals surface area contributed by atoms with Crippen LogP contribution in [-0.4, -0.2) is 41.3 Å². The maximum absolute atomic E-state index is 12.2. The summed E-state index contributed by atoms with van der Waals surface area (Å²) in [6, 6.07) is 0.252. The van der Waals surface area contributed by atoms with Crippen LogP contribution in [0.5, 0.6) is 0 Å². The lowest BCUT2D eigenvalue weighted by Crippen LogP contribution is -2.29. The van der Waals surface area contributed by atoms with Gasteiger partial charge in [0.1, 0.15) is 0 Å². The maximum atomic E-state index is 12.2. The Morgan fingerprint density at radius 2 is 2.24 bits per heavy atom. The van der Waals surface area contributed by atoms with Crippen molar-refractivity contribution in [2.24, 2.45) is 0 Å². The van der Waals surface area contributed by atoms with Crippen molar-refractivity contribution in [1.29, 1.82) is 0 Å². The molecule has 3 N–H and O–H groups in total. The molecule has 0 aliphatic carbocycles. The molecule has 21 heavy (non-hydrogen) atoms. The van der Waals surface area contributed by atoms with Gasteiger partial charge in [-0.1, -0.05) is 19.0 Å². The molecule has 0 amide bonds. The molecule has 2 heterocycles. The zero-order valence-electron chi connectivity index (χ0n) is 11.8. The van der Waals surface area contributed by atoms with Crippen LogP contribution in [0.15, 0.2) is 22.1 Å². The maximum Gasteiger partial charge on any atom is 0.257 e. The Bertz CT molecular complexity index is 649. The molecule has 10 heteroatoms. The largest absolute Gasteiger partial charge is 0.343 e. The van der Waals surface area contributed by atoms with E-state index in [2.05, 4.69) is 34.9 Å². The van der Waals surface area contributed by atoms with E-state index in [-0.39, 0.29) is 17.6 Å². The summed E-state index contributed by atoms with van der Waals surface area (Å²) in [4.78, 5) is 3.82. The molecule has 0 saturated carbocycles. The average Bonchev–Trinajstić information content (AvgIpc) is 3.07. The van der Waals surface area contributed by atoms with E-state index in [4.69, 9.17) is 0 Å². The summed E-state index contributed by atoms with van der Waals surface area (Å²) in [6.07, 6.45) is 3.06. The number of sulfonamides is 1. The predicted molar refractivity (Wildman–Crippen MR) is 73.8 cm³/mol. The summed E-state index contributed by atoms with van der Waals surface area (Å²) in [5, 5.41) is 13.2. The fourth-order valence-corrected chi connectivity index (χ4v) is 2.80. The van der Waals surface area contributed by atoms with Crippen molar-refractivity contribution in [3.8, 4) is 0 Å². The first-order valence-corrected chi connectivity index (χ1v) is 7.98. The lowest BCUT2D eigenvalue weighted by molar-refractivity contribution is 0.409. The van der Waals surface area contributed by atoms with Gasteiger partial charge in [0.15, 0.2) is 10.9 Å². The van der Waals surface area contributed by atoms with Gasteiger partial charge in [0.05, 0.1) is 6.20 Å². The summed E-state index contributed by atoms with van der Waals surface area (Å²) in [5.74, 6) is 0.448. The van der Waals surface area contributed by atoms with Crippen LogP contribution in [0.3, 0.4) is 0 Å². The lowest BCUT2D eigenvalue weighted by Gasteiger charge is -2.09. The van der Waals surface area contributed by atoms with E-state index in [9.17, 15) is 8.42 Å². The van der Waals surface area contributed by atoms with E-state index in [1.807, 2.05) is 13.8 Å². The van der Waals surface area contributed by atoms with Crippen molar-refractivity contribution in [3.05, 3.63) is 24.0 Å². The second-order valence-electron chi connectivity index (χ2n) is 4.76. The Hall–Kier alpha value is -1.78. The highest BCUT2D eigenvalue weighted by Crippen LogP contribution is 2.11. The molecule has 2 rings (SSSR count). The van der Waals surface area contributed by atoms with Gasteiger partial charge >= 0.3 is 0 Å². The SMILES string of the molecule is CC(C)NCc1cn[nH]c1S(=O)(=O)NCCc1ncon1. The van der Waals surface area contributed by atoms with Crippen LogP contribution in [-0.2, 0) is 23.0 Å². The quantitative estimate of drug-likeness (QED) is 0.616. The molecule has 9 nitrogen and oxygen atoms in total. The van der Waals surface area contributed by atoms with Gasteiger partial charge in [-0.3, -0.25) is 5.10 Å². The van der Waals surface area contributed by atoms with Crippen LogP contribution < -0.4 is 10.0 Å². The van der Waals surface area contributed by atoms with E-state index < -0.39 is 10.0 Å². The number of rotatable bonds is 8. The highest BCUT2D eigenvalue weighted by molar-refractivity contribution is 7.89. The summed E-state index contributed by atoms with van der Waals surface area (Å²) in [5.41, 5.74) is 0.593. The minimum Gasteiger partial charge on any atom is -0.343 e. The monoisotopic (exact) mass is 314 g/mol. The van der Waals surface area contributed by atoms with Gasteiger partial charge in [-0.2, -0.15) is 10.1 Å². The van der Waals surface area contributed by atoms with Gasteiger partial charge in [-0.05, 0) is 0 Å². The first-order valence-electron chi connectivity index (χ1n) is 6.49. The fourth-order valence-electron chi connectivity index (χ4n) is 1.64. The van der Waals surface area contributed by atoms with Crippen molar-refractivity contribution < 1.29 is 12.9 Å². The number of aromatic amines is 1. The standard InChI is InChI=1S/C11H18N6O3S/c1-8(2)12-5-9-6-14-16-11(9)21(18,19)15-4-3-10-13-7-20-17-10/h6-8,12,15H,3-5H2,1-2H3,(H,14,16). The van der Waals surface area contributed by atoms with Crippen molar-refractivity contribution in [2.45, 2.75) is 37.9 Å². The molecule has 2 aromatic heterocycles. The Labute approximate surface area is 122 Å². The topological polar surface area (TPSA) is 126 Å². The molecule has 0 aliphatic heterocycles. The number of nitrogens with one attached hydrogen (secondary N) is 3. The molecule has 116 valence electrons. The minimum absolute atomic E-state index is 0.0729. The summed E-state index contributed by atoms with van der Waals surface area (Å²) in [6.45, 7) is 4.57. The van der Waals surface area contributed by atoms with Gasteiger partial charge in [0.25, 0.3) is 10.0 Å². The highest BCUT2D eigenvalue weighted by Gasteiger charge is 2.20. The van der Waals surface area contributed by atoms with Gasteiger partial charge < -0.3 is 9.84 Å². The van der Waals surface area contributed by atoms with Crippen LogP contribution in [0.1, 0.15) is 25.2 Å². The summed E-state index contributed by atoms with van der Waals surface area (Å²) in [7, 11) is -3.64. The Balaban J connectivity index is 1.97. The molecule has 0 atom stereocenters. The molecule has 0 unspecified atom stereocenters. The number of hydrogen-bond acceptors (Lipinski definition) is 7. The average molecular weight is 314 g/mol. The lowest BCUT2D eigenvalue weighted by atomic mass is 10.3. The second kappa shape index (κ2) is 6.78. The minimum atomic E-state index is -3.64. The summed E-state index contributed by atoms with van der Waals surface area (Å²) < 4.78 is 31.5. The molecule has 0 radical (unpaired) electrons. The van der Waals surface area contributed by atoms with Gasteiger partial charge in [0.2, 0.25) is 6.39 Å². The van der Waals surface area contributed by atoms with E-state index in [0.29, 0.717) is 24.4 Å². The third-order valence-electron chi connectivity index (χ3n) is 2.70. The molecule has 0 fully saturated rings. The van der Waals surface area contributed by atoms with E-state index in [0.717, 1.165) is 0 Å². The highest BCUT2D eigenvalue weighted by atomic mass is 32.2. The molecular formula is C11H18N6O3S. The Kier molecular flexibility index (Phi) is 5.04. The van der Waals surface area contributed by atoms with Crippen LogP contribution in [0.25, 0.3) is 0 Å². The molecule has 0 spiro atoms. The van der Waals surface area contributed by atoms with Gasteiger partial charge in [-0.15, -0.1) is 0 Å². The zero-order valence-corrected chi connectivity index (χ0v) is 12.6. The van der Waals surface area contributed by atoms with Crippen LogP contribution in [0.2, 0.25) is 0 Å². The van der Waals surface area contributed by atoms with E-state index in [1.165, 1.54) is 12.6 Å². The zero-order chi connectivity index (χ0) is 15.3. The number of nitrogens with zero attached hydrogens (tertiary/aromatic N) is 3. The molecule has 0 aromatic carbocycles. The van der Waals surface area contributed by atoms with Crippen LogP contribution >= 0.6 is 0 Å². The third kappa shape index (κ3) is 4.34. The van der Waals surface area contributed by atoms with Crippen molar-refractivity contribution in [3.63, 3.8) is 0 Å². The molecule has 2 aromatic rings. The number of aromatic nitrogens is 4. The van der Waals surface area contributed by atoms with Crippen LogP contribution in [0, 0.1) is 0 Å². The fraction of sp³-hybridized carbons (Fsp3) is 0.545. The van der Waals surface area contributed by atoms with Gasteiger partial charge in [0, 0.05) is 31.1 Å². The Morgan fingerprint density at radius 1 is 1.43 bits per heavy atom. The molecular weight excluding hydrogens is 296 g/mol. The molecule has 0 aliphatic rings. The smallest absolute Gasteiger partial charge is 0.257 e. The number of H-pyrrole nitrogens is 1.